The fourth-order valence-corrected chi connectivity index (χ4v) is 0.793. The fourth-order valence-electron chi connectivity index (χ4n) is 0.793. The largest absolute Gasteiger partial charge is 0.465 e. The summed E-state index contributed by atoms with van der Waals surface area (Å²) < 4.78 is 10.2. The van der Waals surface area contributed by atoms with Crippen molar-refractivity contribution in [2.75, 3.05) is 13.2 Å². The number of carbonyl (C=O) groups is 1. The van der Waals surface area contributed by atoms with Gasteiger partial charge in [0, 0.05) is 6.54 Å². The van der Waals surface area contributed by atoms with Gasteiger partial charge in [-0.1, -0.05) is 0 Å². The van der Waals surface area contributed by atoms with Gasteiger partial charge in [0.1, 0.15) is 5.60 Å². The molecule has 0 saturated heterocycles. The summed E-state index contributed by atoms with van der Waals surface area (Å²) in [5.74, 6) is 0. The molecule has 0 spiro atoms. The zero-order valence-corrected chi connectivity index (χ0v) is 10.1. The highest BCUT2D eigenvalue weighted by Crippen LogP contribution is 2.06. The van der Waals surface area contributed by atoms with Gasteiger partial charge in [0.2, 0.25) is 0 Å². The van der Waals surface area contributed by atoms with E-state index in [0.717, 1.165) is 0 Å². The molecule has 0 aliphatic rings. The predicted octanol–water partition coefficient (Wildman–Crippen LogP) is 1.92. The van der Waals surface area contributed by atoms with Crippen molar-refractivity contribution >= 4 is 12.1 Å². The molecule has 0 aliphatic carbocycles. The van der Waals surface area contributed by atoms with Crippen LogP contribution in [0.1, 0.15) is 34.6 Å². The van der Waals surface area contributed by atoms with Gasteiger partial charge in [0.25, 0.3) is 6.02 Å². The third-order valence-corrected chi connectivity index (χ3v) is 1.19. The van der Waals surface area contributed by atoms with Crippen LogP contribution in [0.5, 0.6) is 0 Å². The van der Waals surface area contributed by atoms with E-state index in [1.807, 2.05) is 13.8 Å². The normalized spacial score (nSPS) is 12.2. The van der Waals surface area contributed by atoms with E-state index in [0.29, 0.717) is 13.2 Å². The maximum absolute atomic E-state index is 11.3. The summed E-state index contributed by atoms with van der Waals surface area (Å²) in [4.78, 5) is 15.3. The van der Waals surface area contributed by atoms with E-state index < -0.39 is 11.7 Å². The van der Waals surface area contributed by atoms with E-state index in [2.05, 4.69) is 10.3 Å². The molecule has 0 aromatic carbocycles. The minimum absolute atomic E-state index is 0.203. The number of amides is 1. The van der Waals surface area contributed by atoms with E-state index in [4.69, 9.17) is 9.47 Å². The number of aliphatic imine (C=N–C) groups is 1. The van der Waals surface area contributed by atoms with Gasteiger partial charge < -0.3 is 9.47 Å². The van der Waals surface area contributed by atoms with Crippen LogP contribution in [0.15, 0.2) is 4.99 Å². The molecule has 0 rings (SSSR count). The molecule has 0 unspecified atom stereocenters. The van der Waals surface area contributed by atoms with Gasteiger partial charge in [-0.15, -0.1) is 0 Å². The molecule has 0 saturated carbocycles. The molecule has 0 bridgehead atoms. The van der Waals surface area contributed by atoms with Gasteiger partial charge in [-0.25, -0.2) is 15.1 Å². The highest BCUT2D eigenvalue weighted by molar-refractivity contribution is 5.90. The Bertz CT molecular complexity index is 231. The molecule has 1 N–H and O–H groups in total. The lowest BCUT2D eigenvalue weighted by Gasteiger charge is -2.19. The van der Waals surface area contributed by atoms with Crippen molar-refractivity contribution in [2.24, 2.45) is 4.99 Å². The van der Waals surface area contributed by atoms with Crippen LogP contribution in [0, 0.1) is 0 Å². The van der Waals surface area contributed by atoms with Crippen LogP contribution in [-0.4, -0.2) is 30.9 Å². The molecule has 0 aromatic rings. The molecule has 0 radical (unpaired) electrons. The molecular formula is C10H20N2O3. The quantitative estimate of drug-likeness (QED) is 0.566. The number of carbonyl (C=O) groups excluding carboxylic acids is 1. The number of amidine groups is 1. The topological polar surface area (TPSA) is 59.9 Å². The second-order valence-corrected chi connectivity index (χ2v) is 3.84. The molecule has 5 heteroatoms. The molecule has 88 valence electrons. The van der Waals surface area contributed by atoms with Gasteiger partial charge >= 0.3 is 6.09 Å². The van der Waals surface area contributed by atoms with E-state index >= 15 is 0 Å². The molecule has 0 heterocycles. The Morgan fingerprint density at radius 1 is 1.33 bits per heavy atom. The van der Waals surface area contributed by atoms with E-state index in [9.17, 15) is 4.79 Å². The molecule has 15 heavy (non-hydrogen) atoms. The molecule has 0 aromatic heterocycles. The van der Waals surface area contributed by atoms with Crippen molar-refractivity contribution in [3.8, 4) is 0 Å². The Morgan fingerprint density at radius 3 is 2.33 bits per heavy atom. The van der Waals surface area contributed by atoms with Gasteiger partial charge in [-0.3, -0.25) is 0 Å². The molecule has 0 aliphatic heterocycles. The Balaban J connectivity index is 4.18. The average Bonchev–Trinajstić information content (AvgIpc) is 2.00. The average molecular weight is 216 g/mol. The highest BCUT2D eigenvalue weighted by atomic mass is 16.6. The number of nitrogens with zero attached hydrogens (tertiary/aromatic N) is 1. The predicted molar refractivity (Wildman–Crippen MR) is 59.0 cm³/mol. The van der Waals surface area contributed by atoms with Crippen molar-refractivity contribution in [1.82, 2.24) is 5.32 Å². The van der Waals surface area contributed by atoms with Crippen LogP contribution in [0.2, 0.25) is 0 Å². The third-order valence-electron chi connectivity index (χ3n) is 1.19. The van der Waals surface area contributed by atoms with Gasteiger partial charge in [-0.2, -0.15) is 0 Å². The maximum Gasteiger partial charge on any atom is 0.415 e. The van der Waals surface area contributed by atoms with E-state index in [1.165, 1.54) is 0 Å². The Hall–Kier alpha value is -1.26. The second kappa shape index (κ2) is 6.27. The lowest BCUT2D eigenvalue weighted by molar-refractivity contribution is 0.0549. The first-order valence-electron chi connectivity index (χ1n) is 5.06. The summed E-state index contributed by atoms with van der Waals surface area (Å²) in [6, 6.07) is 0.203. The second-order valence-electron chi connectivity index (χ2n) is 3.84. The monoisotopic (exact) mass is 216 g/mol. The van der Waals surface area contributed by atoms with Crippen LogP contribution in [-0.2, 0) is 9.47 Å². The van der Waals surface area contributed by atoms with Gasteiger partial charge in [-0.05, 0) is 34.6 Å². The van der Waals surface area contributed by atoms with Crippen LogP contribution in [0.25, 0.3) is 0 Å². The first-order valence-corrected chi connectivity index (χ1v) is 5.06. The summed E-state index contributed by atoms with van der Waals surface area (Å²) >= 11 is 0. The zero-order valence-electron chi connectivity index (χ0n) is 10.1. The van der Waals surface area contributed by atoms with Crippen molar-refractivity contribution in [3.05, 3.63) is 0 Å². The number of nitrogens with one attached hydrogen (secondary N) is 1. The third kappa shape index (κ3) is 7.78. The van der Waals surface area contributed by atoms with Crippen molar-refractivity contribution in [2.45, 2.75) is 40.2 Å². The summed E-state index contributed by atoms with van der Waals surface area (Å²) in [6.45, 7) is 10.1. The smallest absolute Gasteiger partial charge is 0.415 e. The van der Waals surface area contributed by atoms with Crippen LogP contribution < -0.4 is 5.32 Å². The lowest BCUT2D eigenvalue weighted by Crippen LogP contribution is -2.37. The van der Waals surface area contributed by atoms with Gasteiger partial charge in [0.05, 0.1) is 6.61 Å². The first kappa shape index (κ1) is 13.7. The van der Waals surface area contributed by atoms with Crippen molar-refractivity contribution in [3.63, 3.8) is 0 Å². The number of rotatable bonds is 2. The first-order chi connectivity index (χ1) is 6.89. The number of hydrogen-bond acceptors (Lipinski definition) is 4. The Kier molecular flexibility index (Phi) is 5.74. The molecule has 5 nitrogen and oxygen atoms in total. The van der Waals surface area contributed by atoms with Crippen LogP contribution in [0.3, 0.4) is 0 Å². The molecule has 0 fully saturated rings. The van der Waals surface area contributed by atoms with Crippen molar-refractivity contribution in [1.29, 1.82) is 0 Å². The van der Waals surface area contributed by atoms with Gasteiger partial charge in [0.15, 0.2) is 0 Å². The maximum atomic E-state index is 11.3. The van der Waals surface area contributed by atoms with Crippen molar-refractivity contribution < 1.29 is 14.3 Å². The Labute approximate surface area is 90.9 Å². The summed E-state index contributed by atoms with van der Waals surface area (Å²) in [6.07, 6.45) is -0.553. The summed E-state index contributed by atoms with van der Waals surface area (Å²) in [7, 11) is 0. The van der Waals surface area contributed by atoms with E-state index in [-0.39, 0.29) is 6.02 Å². The fraction of sp³-hybridized carbons (Fsp3) is 0.800. The highest BCUT2D eigenvalue weighted by Gasteiger charge is 2.17. The summed E-state index contributed by atoms with van der Waals surface area (Å²) in [5.41, 5.74) is -0.520. The molecule has 1 amide bonds. The summed E-state index contributed by atoms with van der Waals surface area (Å²) in [5, 5.41) is 2.44. The number of alkyl carbamates (subject to hydrolysis) is 1. The standard InChI is InChI=1S/C10H20N2O3/c1-6-11-8(14-7-2)12-9(13)15-10(3,4)5/h6-7H2,1-5H3,(H,11,12,13). The lowest BCUT2D eigenvalue weighted by atomic mass is 10.2. The molecular weight excluding hydrogens is 196 g/mol. The minimum Gasteiger partial charge on any atom is -0.465 e. The van der Waals surface area contributed by atoms with E-state index in [1.54, 1.807) is 20.8 Å². The van der Waals surface area contributed by atoms with Crippen LogP contribution >= 0.6 is 0 Å². The van der Waals surface area contributed by atoms with Crippen LogP contribution in [0.4, 0.5) is 4.79 Å². The molecule has 0 atom stereocenters. The number of ether oxygens (including phenoxy) is 2. The number of hydrogen-bond donors (Lipinski definition) is 1. The Morgan fingerprint density at radius 2 is 1.93 bits per heavy atom. The SMILES string of the molecule is CCN=C(NC(=O)OC(C)(C)C)OCC. The zero-order chi connectivity index (χ0) is 11.9. The minimum atomic E-state index is -0.553.